The van der Waals surface area contributed by atoms with Crippen LogP contribution in [0.1, 0.15) is 42.4 Å². The summed E-state index contributed by atoms with van der Waals surface area (Å²) < 4.78 is 6.78. The van der Waals surface area contributed by atoms with Crippen LogP contribution in [-0.4, -0.2) is 33.8 Å². The van der Waals surface area contributed by atoms with E-state index in [1.165, 1.54) is 6.92 Å². The predicted molar refractivity (Wildman–Crippen MR) is 95.7 cm³/mol. The van der Waals surface area contributed by atoms with E-state index in [1.54, 1.807) is 11.6 Å². The number of rotatable bonds is 6. The van der Waals surface area contributed by atoms with Crippen molar-refractivity contribution in [2.24, 2.45) is 0 Å². The lowest BCUT2D eigenvalue weighted by molar-refractivity contribution is -0.129. The third-order valence-corrected chi connectivity index (χ3v) is 3.91. The smallest absolute Gasteiger partial charge is 0.343 e. The van der Waals surface area contributed by atoms with E-state index in [0.717, 1.165) is 5.56 Å². The fourth-order valence-electron chi connectivity index (χ4n) is 2.32. The SMILES string of the molecule is Cc1nn(Cc2ccccc2)c(Cl)c1C(=O)OC(C)C(=O)NC(C)C. The van der Waals surface area contributed by atoms with Crippen molar-refractivity contribution in [2.75, 3.05) is 0 Å². The fourth-order valence-corrected chi connectivity index (χ4v) is 2.63. The average molecular weight is 364 g/mol. The van der Waals surface area contributed by atoms with E-state index in [1.807, 2.05) is 44.2 Å². The summed E-state index contributed by atoms with van der Waals surface area (Å²) in [6.07, 6.45) is -0.914. The Kier molecular flexibility index (Phi) is 6.20. The Morgan fingerprint density at radius 3 is 2.48 bits per heavy atom. The number of carbonyl (C=O) groups is 2. The van der Waals surface area contributed by atoms with E-state index in [2.05, 4.69) is 10.4 Å². The Balaban J connectivity index is 2.14. The number of aromatic nitrogens is 2. The lowest BCUT2D eigenvalue weighted by Crippen LogP contribution is -2.39. The van der Waals surface area contributed by atoms with Gasteiger partial charge in [0.05, 0.1) is 12.2 Å². The molecule has 0 fully saturated rings. The highest BCUT2D eigenvalue weighted by Crippen LogP contribution is 2.22. The number of nitrogens with one attached hydrogen (secondary N) is 1. The molecule has 134 valence electrons. The first-order chi connectivity index (χ1) is 11.8. The molecule has 7 heteroatoms. The minimum atomic E-state index is -0.914. The second kappa shape index (κ2) is 8.16. The molecule has 1 atom stereocenters. The minimum absolute atomic E-state index is 0.0346. The summed E-state index contributed by atoms with van der Waals surface area (Å²) in [5, 5.41) is 7.20. The average Bonchev–Trinajstić information content (AvgIpc) is 2.81. The predicted octanol–water partition coefficient (Wildman–Crippen LogP) is 2.96. The van der Waals surface area contributed by atoms with Gasteiger partial charge in [0.25, 0.3) is 5.91 Å². The Bertz CT molecular complexity index is 756. The van der Waals surface area contributed by atoms with Gasteiger partial charge in [0.1, 0.15) is 10.7 Å². The Morgan fingerprint density at radius 1 is 1.24 bits per heavy atom. The maximum Gasteiger partial charge on any atom is 0.343 e. The van der Waals surface area contributed by atoms with Gasteiger partial charge in [-0.1, -0.05) is 41.9 Å². The molecule has 0 radical (unpaired) electrons. The van der Waals surface area contributed by atoms with Crippen molar-refractivity contribution in [2.45, 2.75) is 46.4 Å². The van der Waals surface area contributed by atoms with Crippen LogP contribution in [0.3, 0.4) is 0 Å². The lowest BCUT2D eigenvalue weighted by Gasteiger charge is -2.15. The van der Waals surface area contributed by atoms with E-state index >= 15 is 0 Å². The quantitative estimate of drug-likeness (QED) is 0.801. The molecule has 1 unspecified atom stereocenters. The number of carbonyl (C=O) groups excluding carboxylic acids is 2. The van der Waals surface area contributed by atoms with Gasteiger partial charge >= 0.3 is 5.97 Å². The zero-order valence-electron chi connectivity index (χ0n) is 14.7. The number of amides is 1. The first kappa shape index (κ1) is 19.0. The summed E-state index contributed by atoms with van der Waals surface area (Å²) in [5.41, 5.74) is 1.65. The third-order valence-electron chi connectivity index (χ3n) is 3.53. The molecule has 0 aliphatic carbocycles. The zero-order chi connectivity index (χ0) is 18.6. The molecule has 1 aromatic heterocycles. The van der Waals surface area contributed by atoms with Crippen LogP contribution < -0.4 is 5.32 Å². The molecule has 2 rings (SSSR count). The molecule has 1 aromatic carbocycles. The van der Waals surface area contributed by atoms with Crippen LogP contribution >= 0.6 is 11.6 Å². The highest BCUT2D eigenvalue weighted by atomic mass is 35.5. The summed E-state index contributed by atoms with van der Waals surface area (Å²) in [5.74, 6) is -1.01. The number of hydrogen-bond acceptors (Lipinski definition) is 4. The molecule has 0 spiro atoms. The molecule has 6 nitrogen and oxygen atoms in total. The fraction of sp³-hybridized carbons (Fsp3) is 0.389. The monoisotopic (exact) mass is 363 g/mol. The summed E-state index contributed by atoms with van der Waals surface area (Å²) in [4.78, 5) is 24.3. The van der Waals surface area contributed by atoms with Crippen molar-refractivity contribution in [1.82, 2.24) is 15.1 Å². The summed E-state index contributed by atoms with van der Waals surface area (Å²) in [6.45, 7) is 7.31. The zero-order valence-corrected chi connectivity index (χ0v) is 15.5. The first-order valence-corrected chi connectivity index (χ1v) is 8.45. The second-order valence-electron chi connectivity index (χ2n) is 6.11. The van der Waals surface area contributed by atoms with Crippen molar-refractivity contribution in [3.05, 3.63) is 52.3 Å². The van der Waals surface area contributed by atoms with Crippen LogP contribution in [0.4, 0.5) is 0 Å². The topological polar surface area (TPSA) is 73.2 Å². The first-order valence-electron chi connectivity index (χ1n) is 8.07. The summed E-state index contributed by atoms with van der Waals surface area (Å²) in [6, 6.07) is 9.62. The molecular formula is C18H22ClN3O3. The van der Waals surface area contributed by atoms with Crippen molar-refractivity contribution < 1.29 is 14.3 Å². The van der Waals surface area contributed by atoms with Gasteiger partial charge in [-0.15, -0.1) is 0 Å². The molecule has 25 heavy (non-hydrogen) atoms. The third kappa shape index (κ3) is 4.82. The Morgan fingerprint density at radius 2 is 1.88 bits per heavy atom. The molecule has 1 amide bonds. The number of halogens is 1. The maximum atomic E-state index is 12.4. The van der Waals surface area contributed by atoms with Crippen molar-refractivity contribution >= 4 is 23.5 Å². The highest BCUT2D eigenvalue weighted by molar-refractivity contribution is 6.32. The van der Waals surface area contributed by atoms with Crippen LogP contribution in [0, 0.1) is 6.92 Å². The van der Waals surface area contributed by atoms with Gasteiger partial charge in [-0.2, -0.15) is 5.10 Å². The van der Waals surface area contributed by atoms with E-state index in [0.29, 0.717) is 12.2 Å². The van der Waals surface area contributed by atoms with Crippen LogP contribution in [-0.2, 0) is 16.1 Å². The van der Waals surface area contributed by atoms with Gasteiger partial charge < -0.3 is 10.1 Å². The minimum Gasteiger partial charge on any atom is -0.449 e. The molecule has 1 heterocycles. The molecular weight excluding hydrogens is 342 g/mol. The van der Waals surface area contributed by atoms with Crippen molar-refractivity contribution in [3.8, 4) is 0 Å². The van der Waals surface area contributed by atoms with Gasteiger partial charge in [-0.05, 0) is 33.3 Å². The van der Waals surface area contributed by atoms with Gasteiger partial charge in [0.2, 0.25) is 0 Å². The summed E-state index contributed by atoms with van der Waals surface area (Å²) >= 11 is 6.32. The van der Waals surface area contributed by atoms with Gasteiger partial charge in [-0.25, -0.2) is 9.48 Å². The molecule has 0 aliphatic rings. The van der Waals surface area contributed by atoms with Crippen LogP contribution in [0.25, 0.3) is 0 Å². The highest BCUT2D eigenvalue weighted by Gasteiger charge is 2.25. The molecule has 0 saturated carbocycles. The van der Waals surface area contributed by atoms with Crippen LogP contribution in [0.15, 0.2) is 30.3 Å². The summed E-state index contributed by atoms with van der Waals surface area (Å²) in [7, 11) is 0. The van der Waals surface area contributed by atoms with E-state index in [-0.39, 0.29) is 22.7 Å². The van der Waals surface area contributed by atoms with Gasteiger partial charge in [-0.3, -0.25) is 4.79 Å². The standard InChI is InChI=1S/C18H22ClN3O3/c1-11(2)20-17(23)13(4)25-18(24)15-12(3)21-22(16(15)19)10-14-8-6-5-7-9-14/h5-9,11,13H,10H2,1-4H3,(H,20,23). The molecule has 0 aliphatic heterocycles. The van der Waals surface area contributed by atoms with Crippen LogP contribution in [0.5, 0.6) is 0 Å². The number of esters is 1. The molecule has 1 N–H and O–H groups in total. The Labute approximate surface area is 152 Å². The number of benzene rings is 1. The molecule has 0 bridgehead atoms. The second-order valence-corrected chi connectivity index (χ2v) is 6.46. The van der Waals surface area contributed by atoms with E-state index < -0.39 is 12.1 Å². The number of aryl methyl sites for hydroxylation is 1. The largest absolute Gasteiger partial charge is 0.449 e. The number of hydrogen-bond donors (Lipinski definition) is 1. The van der Waals surface area contributed by atoms with Gasteiger partial charge in [0, 0.05) is 6.04 Å². The van der Waals surface area contributed by atoms with Crippen molar-refractivity contribution in [3.63, 3.8) is 0 Å². The van der Waals surface area contributed by atoms with E-state index in [4.69, 9.17) is 16.3 Å². The maximum absolute atomic E-state index is 12.4. The number of ether oxygens (including phenoxy) is 1. The number of nitrogens with zero attached hydrogens (tertiary/aromatic N) is 2. The van der Waals surface area contributed by atoms with Crippen LogP contribution in [0.2, 0.25) is 5.15 Å². The van der Waals surface area contributed by atoms with Crippen molar-refractivity contribution in [1.29, 1.82) is 0 Å². The van der Waals surface area contributed by atoms with Gasteiger partial charge in [0.15, 0.2) is 6.10 Å². The lowest BCUT2D eigenvalue weighted by atomic mass is 10.2. The molecule has 2 aromatic rings. The Hall–Kier alpha value is -2.34. The molecule has 0 saturated heterocycles. The normalized spacial score (nSPS) is 12.1. The van der Waals surface area contributed by atoms with E-state index in [9.17, 15) is 9.59 Å².